The van der Waals surface area contributed by atoms with Crippen molar-refractivity contribution in [2.75, 3.05) is 6.61 Å². The number of benzene rings is 1. The van der Waals surface area contributed by atoms with E-state index >= 15 is 0 Å². The molecule has 0 amide bonds. The first-order valence-electron chi connectivity index (χ1n) is 5.61. The molecule has 0 fully saturated rings. The van der Waals surface area contributed by atoms with Crippen molar-refractivity contribution < 1.29 is 14.6 Å². The lowest BCUT2D eigenvalue weighted by atomic mass is 10.2. The molecule has 0 saturated carbocycles. The average Bonchev–Trinajstić information content (AvgIpc) is 2.40. The summed E-state index contributed by atoms with van der Waals surface area (Å²) < 4.78 is 5.52. The number of carboxylic acids is 1. The second-order valence-corrected chi connectivity index (χ2v) is 3.79. The second kappa shape index (κ2) is 5.82. The van der Waals surface area contributed by atoms with E-state index in [1.807, 2.05) is 12.1 Å². The molecule has 0 radical (unpaired) electrons. The van der Waals surface area contributed by atoms with Crippen molar-refractivity contribution in [3.05, 3.63) is 59.9 Å². The SMILES string of the molecule is O=C(O)c1cccc(OCCc2ccncc2)c1. The van der Waals surface area contributed by atoms with Crippen molar-refractivity contribution in [1.82, 2.24) is 4.98 Å². The van der Waals surface area contributed by atoms with Gasteiger partial charge in [-0.1, -0.05) is 6.07 Å². The van der Waals surface area contributed by atoms with Gasteiger partial charge in [0.1, 0.15) is 5.75 Å². The molecule has 0 saturated heterocycles. The number of hydrogen-bond acceptors (Lipinski definition) is 3. The highest BCUT2D eigenvalue weighted by Gasteiger charge is 2.03. The summed E-state index contributed by atoms with van der Waals surface area (Å²) in [6.07, 6.45) is 4.24. The first-order valence-corrected chi connectivity index (χ1v) is 5.61. The molecule has 1 aromatic heterocycles. The Kier molecular flexibility index (Phi) is 3.91. The number of aromatic nitrogens is 1. The second-order valence-electron chi connectivity index (χ2n) is 3.79. The van der Waals surface area contributed by atoms with Crippen LogP contribution >= 0.6 is 0 Å². The molecular formula is C14H13NO3. The lowest BCUT2D eigenvalue weighted by Crippen LogP contribution is -2.03. The summed E-state index contributed by atoms with van der Waals surface area (Å²) in [6.45, 7) is 0.507. The third-order valence-electron chi connectivity index (χ3n) is 2.49. The van der Waals surface area contributed by atoms with E-state index in [1.54, 1.807) is 24.5 Å². The molecule has 0 bridgehead atoms. The monoisotopic (exact) mass is 243 g/mol. The fourth-order valence-corrected chi connectivity index (χ4v) is 1.56. The largest absolute Gasteiger partial charge is 0.493 e. The van der Waals surface area contributed by atoms with Crippen LogP contribution in [-0.2, 0) is 6.42 Å². The first kappa shape index (κ1) is 12.1. The van der Waals surface area contributed by atoms with Crippen LogP contribution in [0.2, 0.25) is 0 Å². The number of aromatic carboxylic acids is 1. The van der Waals surface area contributed by atoms with Gasteiger partial charge in [0.25, 0.3) is 0 Å². The summed E-state index contributed by atoms with van der Waals surface area (Å²) in [4.78, 5) is 14.7. The number of hydrogen-bond donors (Lipinski definition) is 1. The molecule has 0 unspecified atom stereocenters. The number of carbonyl (C=O) groups is 1. The molecule has 0 atom stereocenters. The van der Waals surface area contributed by atoms with E-state index in [-0.39, 0.29) is 5.56 Å². The van der Waals surface area contributed by atoms with E-state index in [0.717, 1.165) is 12.0 Å². The van der Waals surface area contributed by atoms with Gasteiger partial charge < -0.3 is 9.84 Å². The Morgan fingerprint density at radius 2 is 2.00 bits per heavy atom. The zero-order chi connectivity index (χ0) is 12.8. The fraction of sp³-hybridized carbons (Fsp3) is 0.143. The van der Waals surface area contributed by atoms with Gasteiger partial charge in [0.05, 0.1) is 12.2 Å². The Bertz CT molecular complexity index is 526. The molecule has 4 nitrogen and oxygen atoms in total. The van der Waals surface area contributed by atoms with Crippen LogP contribution in [0.5, 0.6) is 5.75 Å². The predicted molar refractivity (Wildman–Crippen MR) is 66.8 cm³/mol. The van der Waals surface area contributed by atoms with Crippen LogP contribution in [0.4, 0.5) is 0 Å². The maximum atomic E-state index is 10.8. The number of rotatable bonds is 5. The molecule has 0 spiro atoms. The third kappa shape index (κ3) is 3.31. The molecule has 4 heteroatoms. The lowest BCUT2D eigenvalue weighted by Gasteiger charge is -2.06. The van der Waals surface area contributed by atoms with Gasteiger partial charge in [0, 0.05) is 18.8 Å². The summed E-state index contributed by atoms with van der Waals surface area (Å²) >= 11 is 0. The topological polar surface area (TPSA) is 59.4 Å². The minimum Gasteiger partial charge on any atom is -0.493 e. The summed E-state index contributed by atoms with van der Waals surface area (Å²) in [7, 11) is 0. The zero-order valence-corrected chi connectivity index (χ0v) is 9.74. The van der Waals surface area contributed by atoms with Crippen molar-refractivity contribution in [2.45, 2.75) is 6.42 Å². The molecular weight excluding hydrogens is 230 g/mol. The summed E-state index contributed by atoms with van der Waals surface area (Å²) in [5.41, 5.74) is 1.37. The molecule has 0 aliphatic carbocycles. The summed E-state index contributed by atoms with van der Waals surface area (Å²) in [6, 6.07) is 10.3. The normalized spacial score (nSPS) is 10.0. The number of nitrogens with zero attached hydrogens (tertiary/aromatic N) is 1. The highest BCUT2D eigenvalue weighted by atomic mass is 16.5. The van der Waals surface area contributed by atoms with Gasteiger partial charge in [-0.25, -0.2) is 4.79 Å². The molecule has 0 aliphatic rings. The van der Waals surface area contributed by atoms with E-state index in [0.29, 0.717) is 12.4 Å². The Morgan fingerprint density at radius 3 is 2.72 bits per heavy atom. The Labute approximate surface area is 105 Å². The Morgan fingerprint density at radius 1 is 1.22 bits per heavy atom. The van der Waals surface area contributed by atoms with Crippen LogP contribution in [-0.4, -0.2) is 22.7 Å². The average molecular weight is 243 g/mol. The van der Waals surface area contributed by atoms with Crippen LogP contribution in [0.3, 0.4) is 0 Å². The molecule has 2 rings (SSSR count). The molecule has 18 heavy (non-hydrogen) atoms. The lowest BCUT2D eigenvalue weighted by molar-refractivity contribution is 0.0696. The molecule has 0 aliphatic heterocycles. The van der Waals surface area contributed by atoms with Crippen molar-refractivity contribution in [1.29, 1.82) is 0 Å². The molecule has 2 aromatic rings. The van der Waals surface area contributed by atoms with Gasteiger partial charge in [-0.3, -0.25) is 4.98 Å². The van der Waals surface area contributed by atoms with E-state index in [9.17, 15) is 4.79 Å². The van der Waals surface area contributed by atoms with E-state index < -0.39 is 5.97 Å². The minimum atomic E-state index is -0.949. The van der Waals surface area contributed by atoms with E-state index in [4.69, 9.17) is 9.84 Å². The minimum absolute atomic E-state index is 0.233. The number of carboxylic acid groups (broad SMARTS) is 1. The van der Waals surface area contributed by atoms with Crippen molar-refractivity contribution in [3.63, 3.8) is 0 Å². The molecule has 1 aromatic carbocycles. The van der Waals surface area contributed by atoms with Gasteiger partial charge in [0.15, 0.2) is 0 Å². The molecule has 92 valence electrons. The van der Waals surface area contributed by atoms with Gasteiger partial charge in [-0.15, -0.1) is 0 Å². The summed E-state index contributed by atoms with van der Waals surface area (Å²) in [5.74, 6) is -0.376. The first-order chi connectivity index (χ1) is 8.75. The van der Waals surface area contributed by atoms with Crippen molar-refractivity contribution in [3.8, 4) is 5.75 Å². The maximum Gasteiger partial charge on any atom is 0.335 e. The number of ether oxygens (including phenoxy) is 1. The van der Waals surface area contributed by atoms with Crippen LogP contribution in [0.25, 0.3) is 0 Å². The standard InChI is InChI=1S/C14H13NO3/c16-14(17)12-2-1-3-13(10-12)18-9-6-11-4-7-15-8-5-11/h1-5,7-8,10H,6,9H2,(H,16,17). The van der Waals surface area contributed by atoms with Crippen LogP contribution in [0.15, 0.2) is 48.8 Å². The quantitative estimate of drug-likeness (QED) is 0.876. The smallest absolute Gasteiger partial charge is 0.335 e. The van der Waals surface area contributed by atoms with Crippen molar-refractivity contribution >= 4 is 5.97 Å². The number of pyridine rings is 1. The Balaban J connectivity index is 1.90. The maximum absolute atomic E-state index is 10.8. The zero-order valence-electron chi connectivity index (χ0n) is 9.74. The van der Waals surface area contributed by atoms with E-state index in [1.165, 1.54) is 12.1 Å². The van der Waals surface area contributed by atoms with Gasteiger partial charge in [-0.05, 0) is 35.9 Å². The third-order valence-corrected chi connectivity index (χ3v) is 2.49. The van der Waals surface area contributed by atoms with E-state index in [2.05, 4.69) is 4.98 Å². The van der Waals surface area contributed by atoms with Gasteiger partial charge >= 0.3 is 5.97 Å². The van der Waals surface area contributed by atoms with Crippen LogP contribution in [0.1, 0.15) is 15.9 Å². The van der Waals surface area contributed by atoms with Crippen LogP contribution < -0.4 is 4.74 Å². The highest BCUT2D eigenvalue weighted by Crippen LogP contribution is 2.13. The predicted octanol–water partition coefficient (Wildman–Crippen LogP) is 2.40. The summed E-state index contributed by atoms with van der Waals surface area (Å²) in [5, 5.41) is 8.85. The Hall–Kier alpha value is -2.36. The van der Waals surface area contributed by atoms with Crippen LogP contribution in [0, 0.1) is 0 Å². The fourth-order valence-electron chi connectivity index (χ4n) is 1.56. The van der Waals surface area contributed by atoms with Gasteiger partial charge in [0.2, 0.25) is 0 Å². The molecule has 1 heterocycles. The molecule has 1 N–H and O–H groups in total. The highest BCUT2D eigenvalue weighted by molar-refractivity contribution is 5.87. The van der Waals surface area contributed by atoms with Gasteiger partial charge in [-0.2, -0.15) is 0 Å². The van der Waals surface area contributed by atoms with Crippen molar-refractivity contribution in [2.24, 2.45) is 0 Å².